The first-order valence-corrected chi connectivity index (χ1v) is 3.01. The molecule has 0 amide bonds. The second-order valence-corrected chi connectivity index (χ2v) is 2.53. The summed E-state index contributed by atoms with van der Waals surface area (Å²) in [5, 5.41) is 10.5. The maximum Gasteiger partial charge on any atom is 0.326 e. The minimum Gasteiger partial charge on any atom is -0.390 e. The van der Waals surface area contributed by atoms with Gasteiger partial charge in [0.25, 0.3) is 0 Å². The highest BCUT2D eigenvalue weighted by atomic mass is 35.5. The molecule has 0 unspecified atom stereocenters. The monoisotopic (exact) mass is 180 g/mol. The van der Waals surface area contributed by atoms with E-state index in [0.29, 0.717) is 5.00 Å². The topological polar surface area (TPSA) is 69.2 Å². The van der Waals surface area contributed by atoms with Gasteiger partial charge in [-0.15, -0.1) is 12.4 Å². The van der Waals surface area contributed by atoms with Crippen LogP contribution in [-0.2, 0) is 0 Å². The second-order valence-electron chi connectivity index (χ2n) is 1.43. The van der Waals surface area contributed by atoms with Crippen LogP contribution in [0.2, 0.25) is 0 Å². The second kappa shape index (κ2) is 3.38. The third-order valence-electron chi connectivity index (χ3n) is 0.793. The van der Waals surface area contributed by atoms with E-state index < -0.39 is 4.92 Å². The van der Waals surface area contributed by atoms with Gasteiger partial charge in [0.15, 0.2) is 0 Å². The molecule has 4 nitrogen and oxygen atoms in total. The van der Waals surface area contributed by atoms with Crippen LogP contribution in [0.15, 0.2) is 12.1 Å². The van der Waals surface area contributed by atoms with E-state index in [1.165, 1.54) is 12.1 Å². The molecule has 56 valence electrons. The molecule has 0 bridgehead atoms. The van der Waals surface area contributed by atoms with Crippen molar-refractivity contribution < 1.29 is 4.92 Å². The predicted octanol–water partition coefficient (Wildman–Crippen LogP) is 1.66. The average molecular weight is 181 g/mol. The van der Waals surface area contributed by atoms with Crippen molar-refractivity contribution in [2.45, 2.75) is 0 Å². The molecule has 6 heteroatoms. The molecule has 0 aliphatic heterocycles. The summed E-state index contributed by atoms with van der Waals surface area (Å²) in [6, 6.07) is 2.91. The zero-order valence-corrected chi connectivity index (χ0v) is 6.45. The number of anilines is 1. The Labute approximate surface area is 67.2 Å². The number of nitrogen functional groups attached to an aromatic ring is 1. The first-order valence-electron chi connectivity index (χ1n) is 2.20. The molecule has 0 atom stereocenters. The van der Waals surface area contributed by atoms with Crippen LogP contribution in [0.4, 0.5) is 10.0 Å². The van der Waals surface area contributed by atoms with Crippen LogP contribution in [0.5, 0.6) is 0 Å². The number of nitrogens with zero attached hydrogens (tertiary/aromatic N) is 1. The fraction of sp³-hybridized carbons (Fsp3) is 0. The number of rotatable bonds is 1. The number of nitrogens with two attached hydrogens (primary N) is 1. The van der Waals surface area contributed by atoms with Crippen molar-refractivity contribution in [1.82, 2.24) is 0 Å². The maximum absolute atomic E-state index is 9.97. The normalized spacial score (nSPS) is 8.40. The Morgan fingerprint density at radius 2 is 2.20 bits per heavy atom. The lowest BCUT2D eigenvalue weighted by Crippen LogP contribution is -1.80. The number of thiophene rings is 1. The van der Waals surface area contributed by atoms with Gasteiger partial charge in [-0.1, -0.05) is 0 Å². The van der Waals surface area contributed by atoms with Gasteiger partial charge < -0.3 is 5.73 Å². The van der Waals surface area contributed by atoms with Crippen molar-refractivity contribution >= 4 is 33.7 Å². The summed E-state index contributed by atoms with van der Waals surface area (Å²) in [7, 11) is 0. The molecular weight excluding hydrogens is 176 g/mol. The Morgan fingerprint density at radius 3 is 2.40 bits per heavy atom. The highest BCUT2D eigenvalue weighted by Gasteiger charge is 2.06. The number of hydrogen-bond donors (Lipinski definition) is 1. The smallest absolute Gasteiger partial charge is 0.326 e. The molecule has 0 aliphatic carbocycles. The van der Waals surface area contributed by atoms with Gasteiger partial charge in [-0.3, -0.25) is 10.1 Å². The fourth-order valence-corrected chi connectivity index (χ4v) is 1.03. The first kappa shape index (κ1) is 9.19. The van der Waals surface area contributed by atoms with E-state index in [1.54, 1.807) is 0 Å². The summed E-state index contributed by atoms with van der Waals surface area (Å²) >= 11 is 0.975. The summed E-state index contributed by atoms with van der Waals surface area (Å²) in [6.07, 6.45) is 0. The standard InChI is InChI=1S/C4H4N2O2S.ClH/c5-3-1-2-4(9-3)6(7)8;/h1-2H,5H2;1H. The molecule has 0 fully saturated rings. The maximum atomic E-state index is 9.97. The zero-order chi connectivity index (χ0) is 6.85. The Morgan fingerprint density at radius 1 is 1.60 bits per heavy atom. The van der Waals surface area contributed by atoms with E-state index in [-0.39, 0.29) is 17.4 Å². The molecule has 0 aromatic carbocycles. The third kappa shape index (κ3) is 1.85. The van der Waals surface area contributed by atoms with Gasteiger partial charge in [0.2, 0.25) is 0 Å². The fourth-order valence-electron chi connectivity index (χ4n) is 0.440. The van der Waals surface area contributed by atoms with E-state index in [9.17, 15) is 10.1 Å². The Bertz CT molecular complexity index is 237. The van der Waals surface area contributed by atoms with Crippen LogP contribution in [-0.4, -0.2) is 4.92 Å². The predicted molar refractivity (Wildman–Crippen MR) is 42.6 cm³/mol. The highest BCUT2D eigenvalue weighted by molar-refractivity contribution is 7.18. The van der Waals surface area contributed by atoms with Crippen LogP contribution in [0.3, 0.4) is 0 Å². The molecule has 1 heterocycles. The first-order chi connectivity index (χ1) is 4.20. The molecule has 1 rings (SSSR count). The van der Waals surface area contributed by atoms with Crippen LogP contribution in [0.1, 0.15) is 0 Å². The molecule has 0 saturated carbocycles. The van der Waals surface area contributed by atoms with Crippen molar-refractivity contribution in [2.75, 3.05) is 5.73 Å². The van der Waals surface area contributed by atoms with E-state index in [0.717, 1.165) is 11.3 Å². The quantitative estimate of drug-likeness (QED) is 0.528. The van der Waals surface area contributed by atoms with Crippen molar-refractivity contribution in [3.63, 3.8) is 0 Å². The van der Waals surface area contributed by atoms with E-state index in [2.05, 4.69) is 0 Å². The summed E-state index contributed by atoms with van der Waals surface area (Å²) in [4.78, 5) is 9.52. The molecule has 2 N–H and O–H groups in total. The zero-order valence-electron chi connectivity index (χ0n) is 4.81. The van der Waals surface area contributed by atoms with Gasteiger partial charge in [0, 0.05) is 6.07 Å². The summed E-state index contributed by atoms with van der Waals surface area (Å²) in [6.45, 7) is 0. The van der Waals surface area contributed by atoms with Crippen LogP contribution in [0, 0.1) is 10.1 Å². The molecule has 10 heavy (non-hydrogen) atoms. The molecule has 0 saturated heterocycles. The van der Waals surface area contributed by atoms with Crippen molar-refractivity contribution in [1.29, 1.82) is 0 Å². The molecule has 0 radical (unpaired) electrons. The van der Waals surface area contributed by atoms with E-state index in [4.69, 9.17) is 5.73 Å². The minimum absolute atomic E-state index is 0. The van der Waals surface area contributed by atoms with Gasteiger partial charge in [-0.2, -0.15) is 0 Å². The van der Waals surface area contributed by atoms with Gasteiger partial charge >= 0.3 is 5.00 Å². The van der Waals surface area contributed by atoms with Gasteiger partial charge in [0.1, 0.15) is 0 Å². The van der Waals surface area contributed by atoms with E-state index in [1.807, 2.05) is 0 Å². The average Bonchev–Trinajstić information content (AvgIpc) is 2.14. The summed E-state index contributed by atoms with van der Waals surface area (Å²) in [5.74, 6) is 0. The molecular formula is C4H5ClN2O2S. The molecule has 0 aliphatic rings. The number of halogens is 1. The molecule has 1 aromatic heterocycles. The third-order valence-corrected chi connectivity index (χ3v) is 1.66. The Hall–Kier alpha value is -0.810. The van der Waals surface area contributed by atoms with Gasteiger partial charge in [-0.05, 0) is 17.4 Å². The molecule has 0 spiro atoms. The number of hydrogen-bond acceptors (Lipinski definition) is 4. The van der Waals surface area contributed by atoms with Crippen molar-refractivity contribution in [3.05, 3.63) is 22.2 Å². The lowest BCUT2D eigenvalue weighted by molar-refractivity contribution is -0.380. The molecule has 1 aromatic rings. The summed E-state index contributed by atoms with van der Waals surface area (Å²) < 4.78 is 0. The van der Waals surface area contributed by atoms with Crippen molar-refractivity contribution in [3.8, 4) is 0 Å². The van der Waals surface area contributed by atoms with E-state index >= 15 is 0 Å². The van der Waals surface area contributed by atoms with Crippen LogP contribution >= 0.6 is 23.7 Å². The van der Waals surface area contributed by atoms with Crippen molar-refractivity contribution in [2.24, 2.45) is 0 Å². The largest absolute Gasteiger partial charge is 0.390 e. The summed E-state index contributed by atoms with van der Waals surface area (Å²) in [5.41, 5.74) is 5.23. The Balaban J connectivity index is 0.000000810. The van der Waals surface area contributed by atoms with Crippen LogP contribution < -0.4 is 5.73 Å². The van der Waals surface area contributed by atoms with Gasteiger partial charge in [0.05, 0.1) is 9.92 Å². The lowest BCUT2D eigenvalue weighted by atomic mass is 10.6. The van der Waals surface area contributed by atoms with Crippen LogP contribution in [0.25, 0.3) is 0 Å². The lowest BCUT2D eigenvalue weighted by Gasteiger charge is -1.78. The number of nitro groups is 1. The Kier molecular flexibility index (Phi) is 3.11. The SMILES string of the molecule is Cl.Nc1ccc([N+](=O)[O-])s1. The highest BCUT2D eigenvalue weighted by Crippen LogP contribution is 2.24. The minimum atomic E-state index is -0.457. The van der Waals surface area contributed by atoms with Gasteiger partial charge in [-0.25, -0.2) is 0 Å².